The van der Waals surface area contributed by atoms with Gasteiger partial charge in [0.25, 0.3) is 0 Å². The van der Waals surface area contributed by atoms with E-state index in [2.05, 4.69) is 20.5 Å². The second-order valence-corrected chi connectivity index (χ2v) is 5.25. The topological polar surface area (TPSA) is 86.0 Å². The quantitative estimate of drug-likeness (QED) is 0.828. The lowest BCUT2D eigenvalue weighted by Gasteiger charge is -2.21. The smallest absolute Gasteiger partial charge is 0.316 e. The van der Waals surface area contributed by atoms with Gasteiger partial charge < -0.3 is 9.84 Å². The Morgan fingerprint density at radius 2 is 2.14 bits per heavy atom. The summed E-state index contributed by atoms with van der Waals surface area (Å²) < 4.78 is 34.7. The second-order valence-electron chi connectivity index (χ2n) is 5.25. The lowest BCUT2D eigenvalue weighted by molar-refractivity contribution is -0.124. The maximum absolute atomic E-state index is 14.2. The van der Waals surface area contributed by atoms with Crippen LogP contribution >= 0.6 is 0 Å². The van der Waals surface area contributed by atoms with E-state index in [1.54, 1.807) is 0 Å². The van der Waals surface area contributed by atoms with Gasteiger partial charge >= 0.3 is 5.92 Å². The molecule has 0 saturated heterocycles. The number of rotatable bonds is 7. The molecule has 0 fully saturated rings. The van der Waals surface area contributed by atoms with Crippen molar-refractivity contribution in [3.63, 3.8) is 0 Å². The molecule has 1 atom stereocenters. The largest absolute Gasteiger partial charge is 0.492 e. The van der Waals surface area contributed by atoms with Gasteiger partial charge in [0.15, 0.2) is 0 Å². The standard InChI is InChI=1S/C13H17F2N5O2/c1-9(2)7-22-10-3-4-11(16-5-10)13(14,15)12(21)6-20-8-17-18-19-20/h3-5,8-9,12,21H,6-7H2,1-2H3. The van der Waals surface area contributed by atoms with Crippen molar-refractivity contribution in [2.45, 2.75) is 32.4 Å². The molecule has 120 valence electrons. The molecule has 0 bridgehead atoms. The first kappa shape index (κ1) is 16.2. The molecule has 22 heavy (non-hydrogen) atoms. The number of aliphatic hydroxyl groups is 1. The summed E-state index contributed by atoms with van der Waals surface area (Å²) in [4.78, 5) is 3.68. The highest BCUT2D eigenvalue weighted by molar-refractivity contribution is 5.22. The number of nitrogens with zero attached hydrogens (tertiary/aromatic N) is 5. The Morgan fingerprint density at radius 1 is 1.36 bits per heavy atom. The molecule has 0 aliphatic carbocycles. The van der Waals surface area contributed by atoms with E-state index >= 15 is 0 Å². The number of alkyl halides is 2. The molecule has 0 aliphatic heterocycles. The van der Waals surface area contributed by atoms with Crippen LogP contribution < -0.4 is 4.74 Å². The van der Waals surface area contributed by atoms with Crippen molar-refractivity contribution in [3.05, 3.63) is 30.4 Å². The first-order valence-electron chi connectivity index (χ1n) is 6.75. The summed E-state index contributed by atoms with van der Waals surface area (Å²) >= 11 is 0. The van der Waals surface area contributed by atoms with E-state index in [0.717, 1.165) is 17.1 Å². The van der Waals surface area contributed by atoms with Gasteiger partial charge in [0.05, 0.1) is 19.3 Å². The van der Waals surface area contributed by atoms with Crippen molar-refractivity contribution in [1.82, 2.24) is 25.2 Å². The molecule has 2 heterocycles. The summed E-state index contributed by atoms with van der Waals surface area (Å²) in [6, 6.07) is 2.54. The van der Waals surface area contributed by atoms with Crippen molar-refractivity contribution in [2.75, 3.05) is 6.61 Å². The molecule has 9 heteroatoms. The van der Waals surface area contributed by atoms with Gasteiger partial charge in [0.2, 0.25) is 0 Å². The van der Waals surface area contributed by atoms with E-state index < -0.39 is 24.3 Å². The zero-order valence-corrected chi connectivity index (χ0v) is 12.2. The second kappa shape index (κ2) is 6.73. The highest BCUT2D eigenvalue weighted by atomic mass is 19.3. The maximum atomic E-state index is 14.2. The van der Waals surface area contributed by atoms with E-state index in [1.165, 1.54) is 12.3 Å². The molecule has 0 spiro atoms. The van der Waals surface area contributed by atoms with E-state index in [1.807, 2.05) is 13.8 Å². The van der Waals surface area contributed by atoms with Crippen LogP contribution in [0.2, 0.25) is 0 Å². The van der Waals surface area contributed by atoms with Crippen molar-refractivity contribution >= 4 is 0 Å². The average molecular weight is 313 g/mol. The maximum Gasteiger partial charge on any atom is 0.316 e. The van der Waals surface area contributed by atoms with Crippen LogP contribution in [0.25, 0.3) is 0 Å². The summed E-state index contributed by atoms with van der Waals surface area (Å²) in [5, 5.41) is 19.8. The first-order chi connectivity index (χ1) is 10.4. The molecule has 1 unspecified atom stereocenters. The van der Waals surface area contributed by atoms with E-state index in [-0.39, 0.29) is 0 Å². The van der Waals surface area contributed by atoms with Crippen LogP contribution in [0.15, 0.2) is 24.7 Å². The van der Waals surface area contributed by atoms with Crippen molar-refractivity contribution < 1.29 is 18.6 Å². The molecule has 0 saturated carbocycles. The molecule has 2 aromatic heterocycles. The molecule has 0 aromatic carbocycles. The Bertz CT molecular complexity index is 575. The van der Waals surface area contributed by atoms with Crippen LogP contribution in [0.4, 0.5) is 8.78 Å². The molecule has 1 N–H and O–H groups in total. The molecular formula is C13H17F2N5O2. The predicted octanol–water partition coefficient (Wildman–Crippen LogP) is 1.26. The number of aromatic nitrogens is 5. The number of hydrogen-bond donors (Lipinski definition) is 1. The van der Waals surface area contributed by atoms with E-state index in [0.29, 0.717) is 18.3 Å². The number of ether oxygens (including phenoxy) is 1. The zero-order chi connectivity index (χ0) is 16.2. The minimum absolute atomic E-state index is 0.319. The predicted molar refractivity (Wildman–Crippen MR) is 72.3 cm³/mol. The summed E-state index contributed by atoms with van der Waals surface area (Å²) in [5.74, 6) is -2.80. The number of hydrogen-bond acceptors (Lipinski definition) is 6. The van der Waals surface area contributed by atoms with Gasteiger partial charge in [0.1, 0.15) is 23.9 Å². The van der Waals surface area contributed by atoms with Crippen LogP contribution in [-0.4, -0.2) is 43.0 Å². The van der Waals surface area contributed by atoms with Crippen LogP contribution in [0.5, 0.6) is 5.75 Å². The molecule has 0 amide bonds. The van der Waals surface area contributed by atoms with E-state index in [9.17, 15) is 13.9 Å². The van der Waals surface area contributed by atoms with Gasteiger partial charge in [-0.15, -0.1) is 5.10 Å². The van der Waals surface area contributed by atoms with Gasteiger partial charge in [-0.25, -0.2) is 4.68 Å². The molecular weight excluding hydrogens is 296 g/mol. The third-order valence-corrected chi connectivity index (χ3v) is 2.83. The summed E-state index contributed by atoms with van der Waals surface area (Å²) in [6.45, 7) is 3.99. The lowest BCUT2D eigenvalue weighted by atomic mass is 10.1. The summed E-state index contributed by atoms with van der Waals surface area (Å²) in [7, 11) is 0. The fourth-order valence-corrected chi connectivity index (χ4v) is 1.65. The third-order valence-electron chi connectivity index (χ3n) is 2.83. The van der Waals surface area contributed by atoms with Gasteiger partial charge in [-0.2, -0.15) is 8.78 Å². The highest BCUT2D eigenvalue weighted by Crippen LogP contribution is 2.31. The summed E-state index contributed by atoms with van der Waals surface area (Å²) in [5.41, 5.74) is -0.537. The fourth-order valence-electron chi connectivity index (χ4n) is 1.65. The first-order valence-corrected chi connectivity index (χ1v) is 6.75. The zero-order valence-electron chi connectivity index (χ0n) is 12.2. The van der Waals surface area contributed by atoms with Gasteiger partial charge in [-0.05, 0) is 28.5 Å². The average Bonchev–Trinajstić information content (AvgIpc) is 2.98. The van der Waals surface area contributed by atoms with Crippen LogP contribution in [-0.2, 0) is 12.5 Å². The number of pyridine rings is 1. The van der Waals surface area contributed by atoms with Gasteiger partial charge in [0, 0.05) is 0 Å². The Morgan fingerprint density at radius 3 is 2.68 bits per heavy atom. The minimum Gasteiger partial charge on any atom is -0.492 e. The summed E-state index contributed by atoms with van der Waals surface area (Å²) in [6.07, 6.45) is 0.372. The van der Waals surface area contributed by atoms with Crippen LogP contribution in [0.1, 0.15) is 19.5 Å². The molecule has 0 aliphatic rings. The third kappa shape index (κ3) is 3.94. The monoisotopic (exact) mass is 313 g/mol. The number of halogens is 2. The fraction of sp³-hybridized carbons (Fsp3) is 0.538. The number of aliphatic hydroxyl groups excluding tert-OH is 1. The highest BCUT2D eigenvalue weighted by Gasteiger charge is 2.42. The Balaban J connectivity index is 2.04. The van der Waals surface area contributed by atoms with Crippen molar-refractivity contribution in [1.29, 1.82) is 0 Å². The molecule has 2 rings (SSSR count). The van der Waals surface area contributed by atoms with Gasteiger partial charge in [-0.1, -0.05) is 13.8 Å². The van der Waals surface area contributed by atoms with Crippen LogP contribution in [0, 0.1) is 5.92 Å². The lowest BCUT2D eigenvalue weighted by Crippen LogP contribution is -2.35. The van der Waals surface area contributed by atoms with Crippen molar-refractivity contribution in [2.24, 2.45) is 5.92 Å². The Labute approximate surface area is 125 Å². The minimum atomic E-state index is -3.53. The molecule has 0 radical (unpaired) electrons. The SMILES string of the molecule is CC(C)COc1ccc(C(F)(F)C(O)Cn2cnnn2)nc1. The number of tetrazole rings is 1. The molecule has 7 nitrogen and oxygen atoms in total. The Kier molecular flexibility index (Phi) is 4.96. The normalized spacial score (nSPS) is 13.4. The Hall–Kier alpha value is -2.16. The van der Waals surface area contributed by atoms with Gasteiger partial charge in [-0.3, -0.25) is 4.98 Å². The van der Waals surface area contributed by atoms with Crippen LogP contribution in [0.3, 0.4) is 0 Å². The van der Waals surface area contributed by atoms with Crippen molar-refractivity contribution in [3.8, 4) is 5.75 Å². The molecule has 2 aromatic rings. The van der Waals surface area contributed by atoms with E-state index in [4.69, 9.17) is 4.74 Å².